The molecule has 2 heterocycles. The van der Waals surface area contributed by atoms with E-state index in [4.69, 9.17) is 0 Å². The van der Waals surface area contributed by atoms with Gasteiger partial charge < -0.3 is 10.6 Å². The lowest BCUT2D eigenvalue weighted by Crippen LogP contribution is -2.24. The SMILES string of the molecule is CC(=O)c1cccc(Nc2ccc(C(=O)NCc3ccccn3)nn2)c1. The van der Waals surface area contributed by atoms with Gasteiger partial charge in [-0.15, -0.1) is 10.2 Å². The molecule has 0 radical (unpaired) electrons. The number of anilines is 2. The van der Waals surface area contributed by atoms with Crippen molar-refractivity contribution >= 4 is 23.2 Å². The van der Waals surface area contributed by atoms with E-state index in [-0.39, 0.29) is 17.4 Å². The lowest BCUT2D eigenvalue weighted by atomic mass is 10.1. The number of carbonyl (C=O) groups excluding carboxylic acids is 2. The summed E-state index contributed by atoms with van der Waals surface area (Å²) in [6.45, 7) is 1.83. The minimum Gasteiger partial charge on any atom is -0.345 e. The van der Waals surface area contributed by atoms with E-state index in [1.54, 1.807) is 36.5 Å². The van der Waals surface area contributed by atoms with Crippen LogP contribution in [0.25, 0.3) is 0 Å². The molecule has 2 aromatic heterocycles. The number of nitrogens with zero attached hydrogens (tertiary/aromatic N) is 3. The van der Waals surface area contributed by atoms with Gasteiger partial charge in [0.15, 0.2) is 17.3 Å². The van der Waals surface area contributed by atoms with Crippen LogP contribution in [0.4, 0.5) is 11.5 Å². The quantitative estimate of drug-likeness (QED) is 0.666. The van der Waals surface area contributed by atoms with Crippen LogP contribution in [-0.2, 0) is 6.54 Å². The number of Topliss-reactive ketones (excluding diaryl/α,β-unsaturated/α-hetero) is 1. The molecule has 0 bridgehead atoms. The van der Waals surface area contributed by atoms with Crippen LogP contribution in [-0.4, -0.2) is 26.9 Å². The minimum atomic E-state index is -0.326. The summed E-state index contributed by atoms with van der Waals surface area (Å²) >= 11 is 0. The Kier molecular flexibility index (Phi) is 5.28. The predicted molar refractivity (Wildman–Crippen MR) is 97.2 cm³/mol. The monoisotopic (exact) mass is 347 g/mol. The maximum Gasteiger partial charge on any atom is 0.272 e. The summed E-state index contributed by atoms with van der Waals surface area (Å²) in [6.07, 6.45) is 1.67. The Morgan fingerprint density at radius 3 is 2.58 bits per heavy atom. The van der Waals surface area contributed by atoms with E-state index in [0.29, 0.717) is 17.9 Å². The standard InChI is InChI=1S/C19H17N5O2/c1-13(25)14-5-4-7-15(11-14)22-18-9-8-17(23-24-18)19(26)21-12-16-6-2-3-10-20-16/h2-11H,12H2,1H3,(H,21,26)(H,22,24). The third-order valence-electron chi connectivity index (χ3n) is 3.59. The van der Waals surface area contributed by atoms with Gasteiger partial charge in [0.25, 0.3) is 5.91 Å². The van der Waals surface area contributed by atoms with E-state index in [2.05, 4.69) is 25.8 Å². The highest BCUT2D eigenvalue weighted by Gasteiger charge is 2.09. The van der Waals surface area contributed by atoms with Crippen LogP contribution in [0.15, 0.2) is 60.8 Å². The number of rotatable bonds is 6. The molecule has 0 aliphatic heterocycles. The van der Waals surface area contributed by atoms with Crippen LogP contribution in [0.2, 0.25) is 0 Å². The van der Waals surface area contributed by atoms with Gasteiger partial charge in [-0.3, -0.25) is 14.6 Å². The Hall–Kier alpha value is -3.61. The molecule has 0 aliphatic rings. The zero-order valence-electron chi connectivity index (χ0n) is 14.1. The van der Waals surface area contributed by atoms with Gasteiger partial charge in [-0.05, 0) is 43.3 Å². The first-order chi connectivity index (χ1) is 12.6. The Morgan fingerprint density at radius 1 is 1.00 bits per heavy atom. The topological polar surface area (TPSA) is 96.9 Å². The van der Waals surface area contributed by atoms with Gasteiger partial charge >= 0.3 is 0 Å². The molecular weight excluding hydrogens is 330 g/mol. The maximum absolute atomic E-state index is 12.1. The van der Waals surface area contributed by atoms with Crippen molar-refractivity contribution in [2.45, 2.75) is 13.5 Å². The number of aromatic nitrogens is 3. The lowest BCUT2D eigenvalue weighted by Gasteiger charge is -2.07. The van der Waals surface area contributed by atoms with E-state index in [1.807, 2.05) is 24.3 Å². The second-order valence-electron chi connectivity index (χ2n) is 5.57. The number of hydrogen-bond donors (Lipinski definition) is 2. The molecule has 0 saturated heterocycles. The van der Waals surface area contributed by atoms with Crippen molar-refractivity contribution in [3.8, 4) is 0 Å². The molecule has 1 aromatic carbocycles. The number of carbonyl (C=O) groups is 2. The number of ketones is 1. The normalized spacial score (nSPS) is 10.2. The zero-order valence-corrected chi connectivity index (χ0v) is 14.1. The summed E-state index contributed by atoms with van der Waals surface area (Å²) in [6, 6.07) is 15.8. The van der Waals surface area contributed by atoms with Crippen molar-refractivity contribution in [1.82, 2.24) is 20.5 Å². The van der Waals surface area contributed by atoms with Gasteiger partial charge in [-0.2, -0.15) is 0 Å². The molecule has 7 heteroatoms. The molecular formula is C19H17N5O2. The molecule has 0 aliphatic carbocycles. The number of amides is 1. The van der Waals surface area contributed by atoms with E-state index in [0.717, 1.165) is 11.4 Å². The van der Waals surface area contributed by atoms with Crippen molar-refractivity contribution in [2.75, 3.05) is 5.32 Å². The molecule has 0 fully saturated rings. The molecule has 130 valence electrons. The smallest absolute Gasteiger partial charge is 0.272 e. The Balaban J connectivity index is 1.62. The van der Waals surface area contributed by atoms with E-state index >= 15 is 0 Å². The van der Waals surface area contributed by atoms with E-state index in [1.165, 1.54) is 6.92 Å². The van der Waals surface area contributed by atoms with Crippen LogP contribution < -0.4 is 10.6 Å². The molecule has 0 saturated carbocycles. The minimum absolute atomic E-state index is 0.0142. The maximum atomic E-state index is 12.1. The van der Waals surface area contributed by atoms with Crippen molar-refractivity contribution in [3.05, 3.63) is 77.7 Å². The fourth-order valence-electron chi connectivity index (χ4n) is 2.25. The molecule has 0 unspecified atom stereocenters. The highest BCUT2D eigenvalue weighted by atomic mass is 16.2. The predicted octanol–water partition coefficient (Wildman–Crippen LogP) is 2.75. The first kappa shape index (κ1) is 17.2. The van der Waals surface area contributed by atoms with Gasteiger partial charge in [0, 0.05) is 17.4 Å². The number of benzene rings is 1. The molecule has 3 aromatic rings. The van der Waals surface area contributed by atoms with Crippen LogP contribution in [0.1, 0.15) is 33.5 Å². The van der Waals surface area contributed by atoms with Gasteiger partial charge in [0.1, 0.15) is 0 Å². The fraction of sp³-hybridized carbons (Fsp3) is 0.105. The van der Waals surface area contributed by atoms with Gasteiger partial charge in [0.05, 0.1) is 12.2 Å². The highest BCUT2D eigenvalue weighted by molar-refractivity contribution is 5.95. The second kappa shape index (κ2) is 7.98. The summed E-state index contributed by atoms with van der Waals surface area (Å²) in [5.41, 5.74) is 2.30. The highest BCUT2D eigenvalue weighted by Crippen LogP contribution is 2.16. The molecule has 7 nitrogen and oxygen atoms in total. The fourth-order valence-corrected chi connectivity index (χ4v) is 2.25. The molecule has 0 atom stereocenters. The molecule has 0 spiro atoms. The molecule has 26 heavy (non-hydrogen) atoms. The van der Waals surface area contributed by atoms with Gasteiger partial charge in [-0.1, -0.05) is 18.2 Å². The molecule has 1 amide bonds. The Bertz CT molecular complexity index is 911. The van der Waals surface area contributed by atoms with Crippen LogP contribution in [0.5, 0.6) is 0 Å². The largest absolute Gasteiger partial charge is 0.345 e. The van der Waals surface area contributed by atoms with Crippen molar-refractivity contribution in [1.29, 1.82) is 0 Å². The Morgan fingerprint density at radius 2 is 1.88 bits per heavy atom. The van der Waals surface area contributed by atoms with Gasteiger partial charge in [-0.25, -0.2) is 0 Å². The summed E-state index contributed by atoms with van der Waals surface area (Å²) in [5.74, 6) is 0.139. The van der Waals surface area contributed by atoms with E-state index in [9.17, 15) is 9.59 Å². The summed E-state index contributed by atoms with van der Waals surface area (Å²) in [4.78, 5) is 27.7. The first-order valence-corrected chi connectivity index (χ1v) is 8.02. The average molecular weight is 347 g/mol. The number of nitrogens with one attached hydrogen (secondary N) is 2. The van der Waals surface area contributed by atoms with Crippen LogP contribution >= 0.6 is 0 Å². The van der Waals surface area contributed by atoms with Crippen molar-refractivity contribution in [3.63, 3.8) is 0 Å². The van der Waals surface area contributed by atoms with Gasteiger partial charge in [0.2, 0.25) is 0 Å². The first-order valence-electron chi connectivity index (χ1n) is 8.02. The van der Waals surface area contributed by atoms with Crippen molar-refractivity contribution in [2.24, 2.45) is 0 Å². The average Bonchev–Trinajstić information content (AvgIpc) is 2.68. The Labute approximate surface area is 150 Å². The number of pyridine rings is 1. The van der Waals surface area contributed by atoms with Crippen LogP contribution in [0.3, 0.4) is 0 Å². The van der Waals surface area contributed by atoms with Crippen molar-refractivity contribution < 1.29 is 9.59 Å². The van der Waals surface area contributed by atoms with Crippen LogP contribution in [0, 0.1) is 0 Å². The second-order valence-corrected chi connectivity index (χ2v) is 5.57. The van der Waals surface area contributed by atoms with E-state index < -0.39 is 0 Å². The zero-order chi connectivity index (χ0) is 18.4. The molecule has 2 N–H and O–H groups in total. The summed E-state index contributed by atoms with van der Waals surface area (Å²) in [5, 5.41) is 13.7. The number of hydrogen-bond acceptors (Lipinski definition) is 6. The third kappa shape index (κ3) is 4.47. The molecule has 3 rings (SSSR count). The third-order valence-corrected chi connectivity index (χ3v) is 3.59. The summed E-state index contributed by atoms with van der Waals surface area (Å²) in [7, 11) is 0. The summed E-state index contributed by atoms with van der Waals surface area (Å²) < 4.78 is 0. The lowest BCUT2D eigenvalue weighted by molar-refractivity contribution is 0.0943.